The number of carbonyl (C=O) groups is 1. The van der Waals surface area contributed by atoms with Crippen molar-refractivity contribution in [3.63, 3.8) is 0 Å². The second-order valence-electron chi connectivity index (χ2n) is 6.53. The molecule has 6 heteroatoms. The van der Waals surface area contributed by atoms with Gasteiger partial charge in [-0.1, -0.05) is 25.5 Å². The van der Waals surface area contributed by atoms with Crippen molar-refractivity contribution in [1.29, 1.82) is 0 Å². The van der Waals surface area contributed by atoms with Crippen LogP contribution in [0.25, 0.3) is 10.4 Å². The Morgan fingerprint density at radius 3 is 2.76 bits per heavy atom. The van der Waals surface area contributed by atoms with Crippen LogP contribution in [-0.2, 0) is 0 Å². The molecule has 1 aliphatic heterocycles. The maximum atomic E-state index is 13.2. The van der Waals surface area contributed by atoms with Crippen LogP contribution >= 0.6 is 11.3 Å². The van der Waals surface area contributed by atoms with Crippen LogP contribution in [0, 0.1) is 18.7 Å². The van der Waals surface area contributed by atoms with E-state index >= 15 is 0 Å². The number of nitrogens with zero attached hydrogens (tertiary/aromatic N) is 2. The van der Waals surface area contributed by atoms with E-state index in [0.717, 1.165) is 41.3 Å². The number of aromatic nitrogens is 1. The minimum atomic E-state index is -0.289. The fourth-order valence-corrected chi connectivity index (χ4v) is 4.61. The number of thiazole rings is 1. The molecular weight excluding hydrogens is 337 g/mol. The van der Waals surface area contributed by atoms with Gasteiger partial charge in [0.05, 0.1) is 9.88 Å². The molecule has 0 aliphatic carbocycles. The molecule has 134 valence electrons. The van der Waals surface area contributed by atoms with Crippen molar-refractivity contribution in [3.8, 4) is 10.4 Å². The van der Waals surface area contributed by atoms with Crippen molar-refractivity contribution >= 4 is 17.2 Å². The van der Waals surface area contributed by atoms with Gasteiger partial charge in [-0.2, -0.15) is 0 Å². The summed E-state index contributed by atoms with van der Waals surface area (Å²) in [7, 11) is 0. The normalized spacial score (nSPS) is 20.7. The summed E-state index contributed by atoms with van der Waals surface area (Å²) in [5.41, 5.74) is 7.28. The standard InChI is InChI=1S/C19H24FN3OS/c1-3-13-5-4-10-23(16(13)11-21)19(24)17-18(25-12(2)22-17)14-6-8-15(20)9-7-14/h6-9,13,16H,3-5,10-11,21H2,1-2H3. The Morgan fingerprint density at radius 1 is 1.40 bits per heavy atom. The lowest BCUT2D eigenvalue weighted by molar-refractivity contribution is 0.0501. The molecule has 0 saturated carbocycles. The SMILES string of the molecule is CCC1CCCN(C(=O)c2nc(C)sc2-c2ccc(F)cc2)C1CN. The molecule has 2 heterocycles. The van der Waals surface area contributed by atoms with E-state index in [-0.39, 0.29) is 17.8 Å². The first-order valence-corrected chi connectivity index (χ1v) is 9.61. The van der Waals surface area contributed by atoms with Crippen molar-refractivity contribution < 1.29 is 9.18 Å². The van der Waals surface area contributed by atoms with Gasteiger partial charge in [-0.25, -0.2) is 9.37 Å². The smallest absolute Gasteiger partial charge is 0.274 e. The largest absolute Gasteiger partial charge is 0.333 e. The zero-order chi connectivity index (χ0) is 18.0. The second kappa shape index (κ2) is 7.62. The fraction of sp³-hybridized carbons (Fsp3) is 0.474. The number of piperidine rings is 1. The van der Waals surface area contributed by atoms with Crippen LogP contribution in [-0.4, -0.2) is 34.9 Å². The van der Waals surface area contributed by atoms with Crippen molar-refractivity contribution in [2.24, 2.45) is 11.7 Å². The van der Waals surface area contributed by atoms with Gasteiger partial charge in [-0.05, 0) is 43.4 Å². The van der Waals surface area contributed by atoms with E-state index in [2.05, 4.69) is 11.9 Å². The van der Waals surface area contributed by atoms with Gasteiger partial charge in [-0.3, -0.25) is 4.79 Å². The predicted molar refractivity (Wildman–Crippen MR) is 99.1 cm³/mol. The number of carbonyl (C=O) groups excluding carboxylic acids is 1. The van der Waals surface area contributed by atoms with E-state index in [1.165, 1.54) is 23.5 Å². The minimum Gasteiger partial charge on any atom is -0.333 e. The van der Waals surface area contributed by atoms with Gasteiger partial charge in [0.1, 0.15) is 11.5 Å². The van der Waals surface area contributed by atoms with Crippen LogP contribution < -0.4 is 5.73 Å². The summed E-state index contributed by atoms with van der Waals surface area (Å²) < 4.78 is 13.2. The van der Waals surface area contributed by atoms with Crippen molar-refractivity contribution in [3.05, 3.63) is 40.8 Å². The van der Waals surface area contributed by atoms with E-state index in [4.69, 9.17) is 5.73 Å². The summed E-state index contributed by atoms with van der Waals surface area (Å²) >= 11 is 1.47. The predicted octanol–water partition coefficient (Wildman–Crippen LogP) is 3.85. The third-order valence-electron chi connectivity index (χ3n) is 4.99. The fourth-order valence-electron chi connectivity index (χ4n) is 3.69. The number of aryl methyl sites for hydroxylation is 1. The molecule has 1 aromatic heterocycles. The van der Waals surface area contributed by atoms with E-state index in [1.807, 2.05) is 11.8 Å². The first-order valence-electron chi connectivity index (χ1n) is 8.79. The average Bonchev–Trinajstić information content (AvgIpc) is 3.02. The summed E-state index contributed by atoms with van der Waals surface area (Å²) in [5, 5.41) is 0.830. The number of hydrogen-bond donors (Lipinski definition) is 1. The van der Waals surface area contributed by atoms with Crippen LogP contribution in [0.2, 0.25) is 0 Å². The molecule has 2 aromatic rings. The average molecular weight is 361 g/mol. The van der Waals surface area contributed by atoms with Crippen LogP contribution in [0.4, 0.5) is 4.39 Å². The number of rotatable bonds is 4. The molecule has 0 radical (unpaired) electrons. The minimum absolute atomic E-state index is 0.0581. The molecule has 0 bridgehead atoms. The lowest BCUT2D eigenvalue weighted by Crippen LogP contribution is -2.52. The summed E-state index contributed by atoms with van der Waals surface area (Å²) in [6, 6.07) is 6.29. The van der Waals surface area contributed by atoms with E-state index in [9.17, 15) is 9.18 Å². The summed E-state index contributed by atoms with van der Waals surface area (Å²) in [4.78, 5) is 20.4. The Balaban J connectivity index is 1.96. The lowest BCUT2D eigenvalue weighted by atomic mass is 9.87. The number of nitrogens with two attached hydrogens (primary N) is 1. The van der Waals surface area contributed by atoms with Crippen molar-refractivity contribution in [1.82, 2.24) is 9.88 Å². The molecule has 4 nitrogen and oxygen atoms in total. The van der Waals surface area contributed by atoms with Gasteiger partial charge in [0.15, 0.2) is 0 Å². The van der Waals surface area contributed by atoms with Gasteiger partial charge in [-0.15, -0.1) is 11.3 Å². The molecule has 1 aliphatic rings. The van der Waals surface area contributed by atoms with Crippen LogP contribution in [0.3, 0.4) is 0 Å². The molecule has 1 saturated heterocycles. The highest BCUT2D eigenvalue weighted by Crippen LogP contribution is 2.33. The number of hydrogen-bond acceptors (Lipinski definition) is 4. The van der Waals surface area contributed by atoms with E-state index in [0.29, 0.717) is 18.2 Å². The molecule has 3 rings (SSSR count). The highest BCUT2D eigenvalue weighted by atomic mass is 32.1. The molecule has 1 aromatic carbocycles. The Labute approximate surface area is 151 Å². The lowest BCUT2D eigenvalue weighted by Gasteiger charge is -2.40. The molecule has 2 unspecified atom stereocenters. The third-order valence-corrected chi connectivity index (χ3v) is 6.01. The summed E-state index contributed by atoms with van der Waals surface area (Å²) in [5.74, 6) is 0.0943. The number of amides is 1. The van der Waals surface area contributed by atoms with E-state index < -0.39 is 0 Å². The first-order chi connectivity index (χ1) is 12.0. The molecule has 0 spiro atoms. The Kier molecular flexibility index (Phi) is 5.49. The highest BCUT2D eigenvalue weighted by Gasteiger charge is 2.34. The molecule has 25 heavy (non-hydrogen) atoms. The summed E-state index contributed by atoms with van der Waals surface area (Å²) in [6.07, 6.45) is 3.13. The van der Waals surface area contributed by atoms with Crippen LogP contribution in [0.15, 0.2) is 24.3 Å². The topological polar surface area (TPSA) is 59.2 Å². The first kappa shape index (κ1) is 18.0. The molecule has 1 amide bonds. The monoisotopic (exact) mass is 361 g/mol. The quantitative estimate of drug-likeness (QED) is 0.900. The van der Waals surface area contributed by atoms with Gasteiger partial charge in [0.2, 0.25) is 0 Å². The molecule has 2 atom stereocenters. The van der Waals surface area contributed by atoms with Crippen LogP contribution in [0.5, 0.6) is 0 Å². The van der Waals surface area contributed by atoms with E-state index in [1.54, 1.807) is 12.1 Å². The number of halogens is 1. The molecule has 2 N–H and O–H groups in total. The number of benzene rings is 1. The van der Waals surface area contributed by atoms with Gasteiger partial charge < -0.3 is 10.6 Å². The zero-order valence-corrected chi connectivity index (χ0v) is 15.5. The van der Waals surface area contributed by atoms with Gasteiger partial charge >= 0.3 is 0 Å². The Morgan fingerprint density at radius 2 is 2.12 bits per heavy atom. The Bertz CT molecular complexity index is 744. The van der Waals surface area contributed by atoms with Crippen molar-refractivity contribution in [2.45, 2.75) is 39.2 Å². The maximum absolute atomic E-state index is 13.2. The van der Waals surface area contributed by atoms with Crippen LogP contribution in [0.1, 0.15) is 41.7 Å². The van der Waals surface area contributed by atoms with Gasteiger partial charge in [0, 0.05) is 19.1 Å². The van der Waals surface area contributed by atoms with Gasteiger partial charge in [0.25, 0.3) is 5.91 Å². The molecule has 1 fully saturated rings. The maximum Gasteiger partial charge on any atom is 0.274 e. The molecular formula is C19H24FN3OS. The second-order valence-corrected chi connectivity index (χ2v) is 7.73. The highest BCUT2D eigenvalue weighted by molar-refractivity contribution is 7.15. The van der Waals surface area contributed by atoms with Crippen molar-refractivity contribution in [2.75, 3.05) is 13.1 Å². The summed E-state index contributed by atoms with van der Waals surface area (Å²) in [6.45, 7) is 5.23. The third kappa shape index (κ3) is 3.60. The Hall–Kier alpha value is -1.79. The number of likely N-dealkylation sites (tertiary alicyclic amines) is 1. The zero-order valence-electron chi connectivity index (χ0n) is 14.7.